The molecule has 2 aromatic heterocycles. The molecule has 0 aliphatic rings. The van der Waals surface area contributed by atoms with Gasteiger partial charge in [-0.05, 0) is 19.1 Å². The highest BCUT2D eigenvalue weighted by Crippen LogP contribution is 2.28. The van der Waals surface area contributed by atoms with Gasteiger partial charge in [-0.15, -0.1) is 22.7 Å². The summed E-state index contributed by atoms with van der Waals surface area (Å²) in [6, 6.07) is 2.12. The third kappa shape index (κ3) is 1.21. The van der Waals surface area contributed by atoms with Crippen molar-refractivity contribution in [2.45, 2.75) is 6.92 Å². The van der Waals surface area contributed by atoms with Crippen molar-refractivity contribution < 1.29 is 0 Å². The van der Waals surface area contributed by atoms with Gasteiger partial charge >= 0.3 is 0 Å². The van der Waals surface area contributed by atoms with Gasteiger partial charge in [-0.1, -0.05) is 6.08 Å². The highest BCUT2D eigenvalue weighted by Gasteiger charge is 1.99. The number of nitrogens with zero attached hydrogens (tertiary/aromatic N) is 1. The summed E-state index contributed by atoms with van der Waals surface area (Å²) in [5.41, 5.74) is 3.02. The minimum Gasteiger partial charge on any atom is -0.244 e. The minimum absolute atomic E-state index is 1.13. The van der Waals surface area contributed by atoms with Crippen molar-refractivity contribution in [3.63, 3.8) is 0 Å². The zero-order valence-corrected chi connectivity index (χ0v) is 7.71. The third-order valence-corrected chi connectivity index (χ3v) is 3.44. The first-order valence-electron chi connectivity index (χ1n) is 3.36. The van der Waals surface area contributed by atoms with Crippen LogP contribution in [0, 0.1) is 0 Å². The van der Waals surface area contributed by atoms with Crippen molar-refractivity contribution in [2.24, 2.45) is 0 Å². The topological polar surface area (TPSA) is 12.9 Å². The maximum Gasteiger partial charge on any atom is 0.107 e. The van der Waals surface area contributed by atoms with Crippen molar-refractivity contribution >= 4 is 38.3 Å². The van der Waals surface area contributed by atoms with Gasteiger partial charge in [-0.2, -0.15) is 0 Å². The predicted molar refractivity (Wildman–Crippen MR) is 52.2 cm³/mol. The maximum atomic E-state index is 4.22. The normalized spacial score (nSPS) is 11.7. The van der Waals surface area contributed by atoms with Crippen molar-refractivity contribution in [1.82, 2.24) is 4.98 Å². The van der Waals surface area contributed by atoms with Gasteiger partial charge in [0.2, 0.25) is 0 Å². The lowest BCUT2D eigenvalue weighted by Crippen LogP contribution is -1.56. The standard InChI is InChI=1S/C8H7NS2/c1-2-3-6-4-7-8(11-6)10-5-9-7/h2-5H,1H3. The first kappa shape index (κ1) is 7.00. The van der Waals surface area contributed by atoms with Gasteiger partial charge in [0.25, 0.3) is 0 Å². The summed E-state index contributed by atoms with van der Waals surface area (Å²) in [4.78, 5) is 5.51. The smallest absolute Gasteiger partial charge is 0.107 e. The fourth-order valence-corrected chi connectivity index (χ4v) is 2.84. The Kier molecular flexibility index (Phi) is 1.75. The molecule has 0 spiro atoms. The molecule has 1 nitrogen and oxygen atoms in total. The van der Waals surface area contributed by atoms with Crippen LogP contribution < -0.4 is 0 Å². The molecule has 0 amide bonds. The zero-order valence-electron chi connectivity index (χ0n) is 6.07. The number of allylic oxidation sites excluding steroid dienone is 1. The molecule has 0 aliphatic carbocycles. The Morgan fingerprint density at radius 1 is 1.55 bits per heavy atom. The molecule has 2 heterocycles. The van der Waals surface area contributed by atoms with Crippen LogP contribution in [0.4, 0.5) is 0 Å². The molecule has 11 heavy (non-hydrogen) atoms. The van der Waals surface area contributed by atoms with Crippen LogP contribution in [0.5, 0.6) is 0 Å². The first-order chi connectivity index (χ1) is 5.40. The predicted octanol–water partition coefficient (Wildman–Crippen LogP) is 3.39. The minimum atomic E-state index is 1.13. The summed E-state index contributed by atoms with van der Waals surface area (Å²) >= 11 is 3.51. The fourth-order valence-electron chi connectivity index (χ4n) is 0.934. The highest BCUT2D eigenvalue weighted by molar-refractivity contribution is 7.37. The Bertz CT molecular complexity index is 355. The molecule has 0 aliphatic heterocycles. The Balaban J connectivity index is 2.58. The van der Waals surface area contributed by atoms with E-state index in [4.69, 9.17) is 0 Å². The molecule has 0 N–H and O–H groups in total. The molecule has 2 rings (SSSR count). The summed E-state index contributed by atoms with van der Waals surface area (Å²) in [6.07, 6.45) is 4.16. The molecule has 0 bridgehead atoms. The number of fused-ring (bicyclic) bond motifs is 1. The molecule has 0 radical (unpaired) electrons. The SMILES string of the molecule is CC=Cc1cc2ncsc2s1. The van der Waals surface area contributed by atoms with E-state index in [-0.39, 0.29) is 0 Å². The van der Waals surface area contributed by atoms with Gasteiger partial charge in [0.1, 0.15) is 4.01 Å². The van der Waals surface area contributed by atoms with E-state index in [0.29, 0.717) is 0 Å². The van der Waals surface area contributed by atoms with E-state index in [9.17, 15) is 0 Å². The molecule has 0 fully saturated rings. The molecule has 0 saturated carbocycles. The van der Waals surface area contributed by atoms with Crippen LogP contribution in [0.25, 0.3) is 15.6 Å². The van der Waals surface area contributed by atoms with E-state index in [0.717, 1.165) is 5.52 Å². The molecule has 0 aromatic carbocycles. The Labute approximate surface area is 73.0 Å². The molecular weight excluding hydrogens is 174 g/mol. The van der Waals surface area contributed by atoms with Crippen LogP contribution in [0.15, 0.2) is 17.7 Å². The number of thiophene rings is 1. The Hall–Kier alpha value is -0.670. The molecule has 0 saturated heterocycles. The van der Waals surface area contributed by atoms with E-state index < -0.39 is 0 Å². The molecular formula is C8H7NS2. The number of thiazole rings is 1. The monoisotopic (exact) mass is 181 g/mol. The average Bonchev–Trinajstić information content (AvgIpc) is 2.46. The van der Waals surface area contributed by atoms with Crippen LogP contribution in [0.1, 0.15) is 11.8 Å². The van der Waals surface area contributed by atoms with Crippen LogP contribution >= 0.6 is 22.7 Å². The Morgan fingerprint density at radius 2 is 2.45 bits per heavy atom. The summed E-state index contributed by atoms with van der Waals surface area (Å²) in [5.74, 6) is 0. The van der Waals surface area contributed by atoms with Crippen molar-refractivity contribution in [2.75, 3.05) is 0 Å². The molecule has 2 aromatic rings. The third-order valence-electron chi connectivity index (χ3n) is 1.38. The first-order valence-corrected chi connectivity index (χ1v) is 5.05. The quantitative estimate of drug-likeness (QED) is 0.657. The number of rotatable bonds is 1. The van der Waals surface area contributed by atoms with Crippen molar-refractivity contribution in [3.05, 3.63) is 22.5 Å². The lowest BCUT2D eigenvalue weighted by molar-refractivity contribution is 1.51. The molecule has 3 heteroatoms. The van der Waals surface area contributed by atoms with Gasteiger partial charge in [0.15, 0.2) is 0 Å². The van der Waals surface area contributed by atoms with Crippen LogP contribution in [0.3, 0.4) is 0 Å². The summed E-state index contributed by atoms with van der Waals surface area (Å²) in [5, 5.41) is 0. The van der Waals surface area contributed by atoms with E-state index >= 15 is 0 Å². The van der Waals surface area contributed by atoms with Gasteiger partial charge < -0.3 is 0 Å². The largest absolute Gasteiger partial charge is 0.244 e. The number of hydrogen-bond acceptors (Lipinski definition) is 3. The van der Waals surface area contributed by atoms with Gasteiger partial charge in [0, 0.05) is 4.88 Å². The second-order valence-corrected chi connectivity index (χ2v) is 4.37. The molecule has 56 valence electrons. The summed E-state index contributed by atoms with van der Waals surface area (Å²) in [6.45, 7) is 2.03. The maximum absolute atomic E-state index is 4.22. The summed E-state index contributed by atoms with van der Waals surface area (Å²) in [7, 11) is 0. The van der Waals surface area contributed by atoms with Gasteiger partial charge in [-0.3, -0.25) is 0 Å². The zero-order chi connectivity index (χ0) is 7.68. The van der Waals surface area contributed by atoms with Gasteiger partial charge in [0.05, 0.1) is 11.0 Å². The molecule has 0 unspecified atom stereocenters. The van der Waals surface area contributed by atoms with Crippen LogP contribution in [0.2, 0.25) is 0 Å². The lowest BCUT2D eigenvalue weighted by Gasteiger charge is -1.76. The highest BCUT2D eigenvalue weighted by atomic mass is 32.2. The summed E-state index contributed by atoms with van der Waals surface area (Å²) < 4.78 is 1.32. The average molecular weight is 181 g/mol. The van der Waals surface area contributed by atoms with Crippen molar-refractivity contribution in [1.29, 1.82) is 0 Å². The van der Waals surface area contributed by atoms with E-state index in [1.165, 1.54) is 8.89 Å². The van der Waals surface area contributed by atoms with Crippen LogP contribution in [-0.2, 0) is 0 Å². The Morgan fingerprint density at radius 3 is 3.18 bits per heavy atom. The molecule has 0 atom stereocenters. The second kappa shape index (κ2) is 2.75. The van der Waals surface area contributed by atoms with Gasteiger partial charge in [-0.25, -0.2) is 4.98 Å². The number of aromatic nitrogens is 1. The fraction of sp³-hybridized carbons (Fsp3) is 0.125. The van der Waals surface area contributed by atoms with Crippen LogP contribution in [-0.4, -0.2) is 4.98 Å². The lowest BCUT2D eigenvalue weighted by atomic mass is 10.4. The van der Waals surface area contributed by atoms with E-state index in [2.05, 4.69) is 23.2 Å². The van der Waals surface area contributed by atoms with Crippen molar-refractivity contribution in [3.8, 4) is 0 Å². The second-order valence-electron chi connectivity index (χ2n) is 2.17. The number of hydrogen-bond donors (Lipinski definition) is 0. The van der Waals surface area contributed by atoms with E-state index in [1.54, 1.807) is 22.7 Å². The van der Waals surface area contributed by atoms with E-state index in [1.807, 2.05) is 12.4 Å².